The summed E-state index contributed by atoms with van der Waals surface area (Å²) in [6.45, 7) is 2.10. The van der Waals surface area contributed by atoms with E-state index in [2.05, 4.69) is 13.0 Å². The third-order valence-corrected chi connectivity index (χ3v) is 5.89. The van der Waals surface area contributed by atoms with Crippen LogP contribution >= 0.6 is 0 Å². The van der Waals surface area contributed by atoms with Crippen molar-refractivity contribution in [2.45, 2.75) is 13.3 Å². The summed E-state index contributed by atoms with van der Waals surface area (Å²) in [5.74, 6) is 0.221. The maximum absolute atomic E-state index is 13.1. The quantitative estimate of drug-likeness (QED) is 0.597. The summed E-state index contributed by atoms with van der Waals surface area (Å²) in [5.41, 5.74) is 2.03. The van der Waals surface area contributed by atoms with Gasteiger partial charge < -0.3 is 0 Å². The molecule has 2 aromatic carbocycles. The molecule has 2 amide bonds. The van der Waals surface area contributed by atoms with Crippen LogP contribution in [0.5, 0.6) is 0 Å². The van der Waals surface area contributed by atoms with Crippen molar-refractivity contribution in [2.24, 2.45) is 23.7 Å². The predicted octanol–water partition coefficient (Wildman–Crippen LogP) is 3.54. The molecule has 0 N–H and O–H groups in total. The van der Waals surface area contributed by atoms with Gasteiger partial charge in [0.15, 0.2) is 0 Å². The summed E-state index contributed by atoms with van der Waals surface area (Å²) in [6.07, 6.45) is 3.19. The predicted molar refractivity (Wildman–Crippen MR) is 88.8 cm³/mol. The Morgan fingerprint density at radius 1 is 0.957 bits per heavy atom. The van der Waals surface area contributed by atoms with Gasteiger partial charge in [0.05, 0.1) is 17.5 Å². The van der Waals surface area contributed by atoms with Gasteiger partial charge in [0.2, 0.25) is 11.8 Å². The number of imide groups is 1. The van der Waals surface area contributed by atoms with E-state index in [1.54, 1.807) is 0 Å². The van der Waals surface area contributed by atoms with Crippen LogP contribution in [-0.2, 0) is 9.59 Å². The number of nitrogens with zero attached hydrogens (tertiary/aromatic N) is 1. The maximum Gasteiger partial charge on any atom is 0.238 e. The van der Waals surface area contributed by atoms with Crippen LogP contribution in [0, 0.1) is 23.7 Å². The van der Waals surface area contributed by atoms with Crippen molar-refractivity contribution in [3.63, 3.8) is 0 Å². The molecule has 0 aromatic heterocycles. The second kappa shape index (κ2) is 4.31. The first-order valence-corrected chi connectivity index (χ1v) is 8.20. The van der Waals surface area contributed by atoms with Crippen molar-refractivity contribution < 1.29 is 9.59 Å². The largest absolute Gasteiger partial charge is 0.274 e. The Morgan fingerprint density at radius 3 is 2.57 bits per heavy atom. The van der Waals surface area contributed by atoms with Gasteiger partial charge in [-0.2, -0.15) is 0 Å². The highest BCUT2D eigenvalue weighted by atomic mass is 16.2. The zero-order valence-electron chi connectivity index (χ0n) is 12.9. The number of hydrogen-bond donors (Lipinski definition) is 0. The summed E-state index contributed by atoms with van der Waals surface area (Å²) in [4.78, 5) is 27.5. The van der Waals surface area contributed by atoms with E-state index in [1.165, 1.54) is 10.5 Å². The summed E-state index contributed by atoms with van der Waals surface area (Å²) in [6, 6.07) is 13.7. The number of amides is 2. The topological polar surface area (TPSA) is 37.4 Å². The second-order valence-corrected chi connectivity index (χ2v) is 6.98. The minimum absolute atomic E-state index is 0.00342. The fourth-order valence-electron chi connectivity index (χ4n) is 4.92. The van der Waals surface area contributed by atoms with Crippen LogP contribution in [0.15, 0.2) is 54.1 Å². The molecule has 3 nitrogen and oxygen atoms in total. The second-order valence-electron chi connectivity index (χ2n) is 6.98. The molecule has 0 unspecified atom stereocenters. The van der Waals surface area contributed by atoms with Crippen LogP contribution in [0.4, 0.5) is 5.69 Å². The lowest BCUT2D eigenvalue weighted by molar-refractivity contribution is -0.123. The van der Waals surface area contributed by atoms with Crippen molar-refractivity contribution in [3.8, 4) is 0 Å². The van der Waals surface area contributed by atoms with Gasteiger partial charge in [0.1, 0.15) is 0 Å². The number of rotatable bonds is 1. The normalized spacial score (nSPS) is 31.9. The van der Waals surface area contributed by atoms with Crippen LogP contribution in [0.25, 0.3) is 10.8 Å². The number of benzene rings is 2. The molecule has 1 saturated heterocycles. The first-order valence-electron chi connectivity index (χ1n) is 8.20. The van der Waals surface area contributed by atoms with E-state index in [0.717, 1.165) is 22.9 Å². The van der Waals surface area contributed by atoms with E-state index in [1.807, 2.05) is 42.5 Å². The molecule has 5 rings (SSSR count). The summed E-state index contributed by atoms with van der Waals surface area (Å²) in [7, 11) is 0. The Labute approximate surface area is 134 Å². The fraction of sp³-hybridized carbons (Fsp3) is 0.300. The van der Waals surface area contributed by atoms with Gasteiger partial charge in [-0.3, -0.25) is 9.59 Å². The van der Waals surface area contributed by atoms with Crippen LogP contribution < -0.4 is 4.90 Å². The number of hydrogen-bond acceptors (Lipinski definition) is 2. The molecule has 23 heavy (non-hydrogen) atoms. The lowest BCUT2D eigenvalue weighted by atomic mass is 9.82. The summed E-state index contributed by atoms with van der Waals surface area (Å²) < 4.78 is 0. The van der Waals surface area contributed by atoms with Gasteiger partial charge in [-0.1, -0.05) is 48.0 Å². The third kappa shape index (κ3) is 1.55. The Hall–Kier alpha value is -2.42. The molecule has 2 aromatic rings. The highest BCUT2D eigenvalue weighted by Gasteiger charge is 2.61. The lowest BCUT2D eigenvalue weighted by Crippen LogP contribution is -2.33. The Bertz CT molecular complexity index is 892. The molecule has 4 atom stereocenters. The average Bonchev–Trinajstić information content (AvgIpc) is 3.18. The van der Waals surface area contributed by atoms with E-state index in [9.17, 15) is 9.59 Å². The molecule has 0 spiro atoms. The van der Waals surface area contributed by atoms with Crippen molar-refractivity contribution in [2.75, 3.05) is 4.90 Å². The van der Waals surface area contributed by atoms with E-state index in [4.69, 9.17) is 0 Å². The standard InChI is InChI=1S/C20H17NO2/c1-11-9-13-10-15(11)18-17(13)19(22)21(20(18)23)16-8-4-6-12-5-2-3-7-14(12)16/h2-9,13,15,17-18H,10H2,1H3/t13-,15+,17+,18-/m0/s1. The number of anilines is 1. The highest BCUT2D eigenvalue weighted by Crippen LogP contribution is 2.56. The van der Waals surface area contributed by atoms with Crippen LogP contribution in [0.1, 0.15) is 13.3 Å². The van der Waals surface area contributed by atoms with Crippen LogP contribution in [0.2, 0.25) is 0 Å². The zero-order chi connectivity index (χ0) is 15.7. The lowest BCUT2D eigenvalue weighted by Gasteiger charge is -2.20. The van der Waals surface area contributed by atoms with Gasteiger partial charge in [0.25, 0.3) is 0 Å². The number of fused-ring (bicyclic) bond motifs is 6. The number of carbonyl (C=O) groups is 2. The smallest absolute Gasteiger partial charge is 0.238 e. The molecular weight excluding hydrogens is 286 g/mol. The van der Waals surface area contributed by atoms with Gasteiger partial charge in [0, 0.05) is 5.39 Å². The average molecular weight is 303 g/mol. The molecule has 2 aliphatic carbocycles. The molecule has 2 fully saturated rings. The zero-order valence-corrected chi connectivity index (χ0v) is 12.9. The first kappa shape index (κ1) is 13.1. The summed E-state index contributed by atoms with van der Waals surface area (Å²) in [5, 5.41) is 2.02. The Balaban J connectivity index is 1.65. The molecular formula is C20H17NO2. The highest BCUT2D eigenvalue weighted by molar-refractivity contribution is 6.25. The van der Waals surface area contributed by atoms with Gasteiger partial charge >= 0.3 is 0 Å². The SMILES string of the molecule is CC1=C[C@H]2C[C@H]1[C@@H]1C(=O)N(c3cccc4ccccc34)C(=O)[C@@H]12. The van der Waals surface area contributed by atoms with Crippen LogP contribution in [0.3, 0.4) is 0 Å². The molecule has 2 bridgehead atoms. The van der Waals surface area contributed by atoms with Crippen molar-refractivity contribution in [1.82, 2.24) is 0 Å². The minimum Gasteiger partial charge on any atom is -0.274 e. The van der Waals surface area contributed by atoms with E-state index < -0.39 is 0 Å². The third-order valence-electron chi connectivity index (χ3n) is 5.89. The van der Waals surface area contributed by atoms with E-state index in [0.29, 0.717) is 0 Å². The minimum atomic E-state index is -0.143. The summed E-state index contributed by atoms with van der Waals surface area (Å²) >= 11 is 0. The monoisotopic (exact) mass is 303 g/mol. The maximum atomic E-state index is 13.1. The molecule has 1 saturated carbocycles. The number of allylic oxidation sites excluding steroid dienone is 2. The van der Waals surface area contributed by atoms with Crippen LogP contribution in [-0.4, -0.2) is 11.8 Å². The van der Waals surface area contributed by atoms with Crippen molar-refractivity contribution in [1.29, 1.82) is 0 Å². The molecule has 3 heteroatoms. The Morgan fingerprint density at radius 2 is 1.70 bits per heavy atom. The first-order chi connectivity index (χ1) is 11.2. The van der Waals surface area contributed by atoms with Crippen molar-refractivity contribution in [3.05, 3.63) is 54.1 Å². The number of carbonyl (C=O) groups excluding carboxylic acids is 2. The molecule has 3 aliphatic rings. The van der Waals surface area contributed by atoms with Gasteiger partial charge in [-0.15, -0.1) is 0 Å². The van der Waals surface area contributed by atoms with E-state index in [-0.39, 0.29) is 35.5 Å². The molecule has 1 heterocycles. The Kier molecular flexibility index (Phi) is 2.45. The van der Waals surface area contributed by atoms with Crippen molar-refractivity contribution >= 4 is 28.3 Å². The molecule has 1 aliphatic heterocycles. The van der Waals surface area contributed by atoms with Gasteiger partial charge in [-0.25, -0.2) is 4.90 Å². The van der Waals surface area contributed by atoms with Gasteiger partial charge in [-0.05, 0) is 36.6 Å². The molecule has 0 radical (unpaired) electrons. The molecule has 114 valence electrons. The van der Waals surface area contributed by atoms with E-state index >= 15 is 0 Å². The fourth-order valence-corrected chi connectivity index (χ4v) is 4.92.